The highest BCUT2D eigenvalue weighted by molar-refractivity contribution is 5.88. The zero-order valence-corrected chi connectivity index (χ0v) is 20.1. The summed E-state index contributed by atoms with van der Waals surface area (Å²) in [6.45, 7) is 4.23. The molecule has 3 aromatic rings. The van der Waals surface area contributed by atoms with E-state index in [0.29, 0.717) is 25.9 Å². The second-order valence-electron chi connectivity index (χ2n) is 9.84. The molecule has 0 spiro atoms. The van der Waals surface area contributed by atoms with E-state index in [2.05, 4.69) is 21.9 Å². The maximum Gasteiger partial charge on any atom is 0.243 e. The Hall–Kier alpha value is -3.09. The van der Waals surface area contributed by atoms with Crippen molar-refractivity contribution in [3.63, 3.8) is 0 Å². The monoisotopic (exact) mass is 475 g/mol. The second-order valence-corrected chi connectivity index (χ2v) is 9.84. The molecule has 0 bridgehead atoms. The van der Waals surface area contributed by atoms with Crippen LogP contribution in [0.1, 0.15) is 22.3 Å². The largest absolute Gasteiger partial charge is 0.340 e. The number of carbonyl (C=O) groups excluding carboxylic acids is 1. The van der Waals surface area contributed by atoms with Crippen molar-refractivity contribution in [1.82, 2.24) is 14.7 Å². The molecule has 2 aliphatic rings. The van der Waals surface area contributed by atoms with Gasteiger partial charge in [0.15, 0.2) is 0 Å². The summed E-state index contributed by atoms with van der Waals surface area (Å²) in [5.74, 6) is -0.423. The average molecular weight is 476 g/mol. The van der Waals surface area contributed by atoms with Crippen LogP contribution in [0.3, 0.4) is 0 Å². The Labute approximate surface area is 205 Å². The molecule has 182 valence electrons. The summed E-state index contributed by atoms with van der Waals surface area (Å²) in [5.41, 5.74) is 3.56. The Morgan fingerprint density at radius 2 is 1.40 bits per heavy atom. The lowest BCUT2D eigenvalue weighted by atomic mass is 9.90. The van der Waals surface area contributed by atoms with Gasteiger partial charge < -0.3 is 4.90 Å². The zero-order chi connectivity index (χ0) is 24.4. The van der Waals surface area contributed by atoms with E-state index >= 15 is 0 Å². The molecule has 1 aliphatic heterocycles. The summed E-state index contributed by atoms with van der Waals surface area (Å²) in [6, 6.07) is 21.5. The molecule has 0 N–H and O–H groups in total. The number of amides is 1. The van der Waals surface area contributed by atoms with Gasteiger partial charge >= 0.3 is 0 Å². The predicted octanol–water partition coefficient (Wildman–Crippen LogP) is 4.28. The minimum Gasteiger partial charge on any atom is -0.340 e. The van der Waals surface area contributed by atoms with Crippen molar-refractivity contribution in [2.24, 2.45) is 0 Å². The number of rotatable bonds is 6. The van der Waals surface area contributed by atoms with Gasteiger partial charge in [-0.15, -0.1) is 0 Å². The van der Waals surface area contributed by atoms with Crippen LogP contribution in [-0.2, 0) is 30.7 Å². The molecule has 0 radical (unpaired) electrons. The van der Waals surface area contributed by atoms with Crippen LogP contribution in [0, 0.1) is 11.6 Å². The molecule has 35 heavy (non-hydrogen) atoms. The van der Waals surface area contributed by atoms with Gasteiger partial charge in [0.2, 0.25) is 5.91 Å². The maximum atomic E-state index is 14.1. The fourth-order valence-electron chi connectivity index (χ4n) is 5.67. The third-order valence-corrected chi connectivity index (χ3v) is 7.41. The number of piperazine rings is 1. The number of carbonyl (C=O) groups is 1. The Morgan fingerprint density at radius 3 is 2.00 bits per heavy atom. The molecule has 1 heterocycles. The molecule has 4 nitrogen and oxygen atoms in total. The molecular formula is C29H31F2N3O. The molecule has 0 atom stereocenters. The summed E-state index contributed by atoms with van der Waals surface area (Å²) in [7, 11) is 1.82. The van der Waals surface area contributed by atoms with Gasteiger partial charge in [-0.1, -0.05) is 48.5 Å². The predicted molar refractivity (Wildman–Crippen MR) is 133 cm³/mol. The first kappa shape index (κ1) is 23.6. The lowest BCUT2D eigenvalue weighted by Gasteiger charge is -2.46. The average Bonchev–Trinajstić information content (AvgIpc) is 3.25. The van der Waals surface area contributed by atoms with Gasteiger partial charge in [-0.2, -0.15) is 0 Å². The van der Waals surface area contributed by atoms with Gasteiger partial charge in [-0.25, -0.2) is 8.78 Å². The Kier molecular flexibility index (Phi) is 6.67. The van der Waals surface area contributed by atoms with E-state index in [1.54, 1.807) is 23.1 Å². The van der Waals surface area contributed by atoms with Gasteiger partial charge in [0.1, 0.15) is 17.2 Å². The van der Waals surface area contributed by atoms with Crippen LogP contribution in [0.25, 0.3) is 0 Å². The fraction of sp³-hybridized carbons (Fsp3) is 0.345. The molecule has 3 aromatic carbocycles. The van der Waals surface area contributed by atoms with Crippen LogP contribution in [0.5, 0.6) is 0 Å². The quantitative estimate of drug-likeness (QED) is 0.533. The van der Waals surface area contributed by atoms with E-state index in [9.17, 15) is 13.6 Å². The van der Waals surface area contributed by atoms with Crippen molar-refractivity contribution < 1.29 is 13.6 Å². The molecule has 1 fully saturated rings. The van der Waals surface area contributed by atoms with Crippen LogP contribution in [0.4, 0.5) is 8.78 Å². The number of hydrogen-bond acceptors (Lipinski definition) is 3. The van der Waals surface area contributed by atoms with E-state index in [-0.39, 0.29) is 17.5 Å². The maximum absolute atomic E-state index is 14.1. The Balaban J connectivity index is 1.34. The number of nitrogens with zero attached hydrogens (tertiary/aromatic N) is 3. The molecule has 0 saturated carbocycles. The van der Waals surface area contributed by atoms with E-state index in [1.165, 1.54) is 29.3 Å². The smallest absolute Gasteiger partial charge is 0.243 e. The summed E-state index contributed by atoms with van der Waals surface area (Å²) >= 11 is 0. The van der Waals surface area contributed by atoms with Crippen molar-refractivity contribution in [2.75, 3.05) is 33.2 Å². The van der Waals surface area contributed by atoms with Gasteiger partial charge in [0, 0.05) is 59.2 Å². The first-order valence-electron chi connectivity index (χ1n) is 12.2. The lowest BCUT2D eigenvalue weighted by Crippen LogP contribution is -2.64. The third kappa shape index (κ3) is 5.00. The highest BCUT2D eigenvalue weighted by Gasteiger charge is 2.50. The summed E-state index contributed by atoms with van der Waals surface area (Å²) in [5, 5.41) is 0. The van der Waals surface area contributed by atoms with Crippen LogP contribution in [-0.4, -0.2) is 59.4 Å². The molecule has 1 saturated heterocycles. The SMILES string of the molecule is CN(Cc1cccc(F)c1)C(=O)C1(N2CCN(Cc3cccc(F)c3)CC2)Cc2ccccc2C1. The summed E-state index contributed by atoms with van der Waals surface area (Å²) in [6.07, 6.45) is 1.36. The third-order valence-electron chi connectivity index (χ3n) is 7.41. The molecule has 0 aromatic heterocycles. The van der Waals surface area contributed by atoms with Crippen LogP contribution < -0.4 is 0 Å². The lowest BCUT2D eigenvalue weighted by molar-refractivity contribution is -0.145. The van der Waals surface area contributed by atoms with E-state index in [4.69, 9.17) is 0 Å². The fourth-order valence-corrected chi connectivity index (χ4v) is 5.67. The zero-order valence-electron chi connectivity index (χ0n) is 20.1. The molecular weight excluding hydrogens is 444 g/mol. The second kappa shape index (κ2) is 9.88. The minimum absolute atomic E-state index is 0.0801. The van der Waals surface area contributed by atoms with Crippen LogP contribution in [0.15, 0.2) is 72.8 Å². The van der Waals surface area contributed by atoms with Crippen molar-refractivity contribution >= 4 is 5.91 Å². The minimum atomic E-state index is -0.642. The van der Waals surface area contributed by atoms with Crippen molar-refractivity contribution in [2.45, 2.75) is 31.5 Å². The Bertz CT molecular complexity index is 1180. The van der Waals surface area contributed by atoms with Gasteiger partial charge in [0.25, 0.3) is 0 Å². The highest BCUT2D eigenvalue weighted by Crippen LogP contribution is 2.37. The van der Waals surface area contributed by atoms with E-state index in [0.717, 1.165) is 37.3 Å². The number of benzene rings is 3. The van der Waals surface area contributed by atoms with E-state index < -0.39 is 5.54 Å². The summed E-state index contributed by atoms with van der Waals surface area (Å²) < 4.78 is 27.4. The van der Waals surface area contributed by atoms with Gasteiger partial charge in [-0.05, 0) is 46.5 Å². The Morgan fingerprint density at radius 1 is 0.829 bits per heavy atom. The topological polar surface area (TPSA) is 26.8 Å². The van der Waals surface area contributed by atoms with Crippen LogP contribution in [0.2, 0.25) is 0 Å². The highest BCUT2D eigenvalue weighted by atomic mass is 19.1. The molecule has 5 rings (SSSR count). The van der Waals surface area contributed by atoms with Gasteiger partial charge in [0.05, 0.1) is 0 Å². The standard InChI is InChI=1S/C29H31F2N3O/c1-32(20-22-6-4-10-26(30)16-22)28(35)29(18-24-8-2-3-9-25(24)19-29)34-14-12-33(13-15-34)21-23-7-5-11-27(31)17-23/h2-11,16-17H,12-15,18-21H2,1H3. The first-order valence-corrected chi connectivity index (χ1v) is 12.2. The number of fused-ring (bicyclic) bond motifs is 1. The van der Waals surface area contributed by atoms with Crippen molar-refractivity contribution in [3.8, 4) is 0 Å². The molecule has 1 aliphatic carbocycles. The normalized spacial score (nSPS) is 17.8. The molecule has 6 heteroatoms. The number of likely N-dealkylation sites (N-methyl/N-ethyl adjacent to an activating group) is 1. The van der Waals surface area contributed by atoms with Crippen molar-refractivity contribution in [3.05, 3.63) is 107 Å². The van der Waals surface area contributed by atoms with Crippen molar-refractivity contribution in [1.29, 1.82) is 0 Å². The van der Waals surface area contributed by atoms with Gasteiger partial charge in [-0.3, -0.25) is 14.6 Å². The molecule has 0 unspecified atom stereocenters. The first-order chi connectivity index (χ1) is 16.9. The van der Waals surface area contributed by atoms with E-state index in [1.807, 2.05) is 31.3 Å². The molecule has 1 amide bonds. The number of halogens is 2. The van der Waals surface area contributed by atoms with Crippen LogP contribution >= 0.6 is 0 Å². The summed E-state index contributed by atoms with van der Waals surface area (Å²) in [4.78, 5) is 20.5. The number of hydrogen-bond donors (Lipinski definition) is 0.